The zero-order valence-electron chi connectivity index (χ0n) is 12.0. The van der Waals surface area contributed by atoms with Crippen LogP contribution < -0.4 is 16.0 Å². The minimum atomic E-state index is -0.223. The molecule has 0 saturated carbocycles. The first kappa shape index (κ1) is 16.1. The maximum Gasteiger partial charge on any atom is 0.319 e. The van der Waals surface area contributed by atoms with Gasteiger partial charge in [0.25, 0.3) is 0 Å². The number of carbonyl (C=O) groups is 1. The van der Waals surface area contributed by atoms with Crippen LogP contribution in [0.3, 0.4) is 0 Å². The number of carbonyl (C=O) groups excluding carboxylic acids is 1. The summed E-state index contributed by atoms with van der Waals surface area (Å²) in [5, 5.41) is 9.45. The first-order valence-electron chi connectivity index (χ1n) is 7.37. The summed E-state index contributed by atoms with van der Waals surface area (Å²) in [6.07, 6.45) is 3.32. The van der Waals surface area contributed by atoms with Crippen LogP contribution in [0.2, 0.25) is 5.02 Å². The summed E-state index contributed by atoms with van der Waals surface area (Å²) in [5.41, 5.74) is 0.686. The highest BCUT2D eigenvalue weighted by Crippen LogP contribution is 2.14. The van der Waals surface area contributed by atoms with E-state index in [0.29, 0.717) is 30.0 Å². The number of halogens is 1. The molecular formula is C15H22ClN3O2. The van der Waals surface area contributed by atoms with Gasteiger partial charge in [-0.2, -0.15) is 0 Å². The number of piperidine rings is 1. The number of hydrogen-bond acceptors (Lipinski definition) is 3. The Hall–Kier alpha value is -1.30. The van der Waals surface area contributed by atoms with Crippen molar-refractivity contribution in [1.29, 1.82) is 0 Å². The lowest BCUT2D eigenvalue weighted by atomic mass is 10.1. The predicted octanol–water partition coefficient (Wildman–Crippen LogP) is 2.62. The molecule has 1 heterocycles. The number of anilines is 1. The van der Waals surface area contributed by atoms with E-state index in [1.807, 2.05) is 0 Å². The Balaban J connectivity index is 1.54. The molecular weight excluding hydrogens is 290 g/mol. The minimum Gasteiger partial charge on any atom is -0.378 e. The quantitative estimate of drug-likeness (QED) is 0.708. The van der Waals surface area contributed by atoms with Crippen LogP contribution in [0.5, 0.6) is 0 Å². The van der Waals surface area contributed by atoms with Crippen LogP contribution in [0, 0.1) is 0 Å². The van der Waals surface area contributed by atoms with Gasteiger partial charge >= 0.3 is 6.03 Å². The van der Waals surface area contributed by atoms with Gasteiger partial charge in [0.05, 0.1) is 6.10 Å². The summed E-state index contributed by atoms with van der Waals surface area (Å²) in [6, 6.07) is 6.85. The smallest absolute Gasteiger partial charge is 0.319 e. The molecule has 1 aliphatic heterocycles. The highest BCUT2D eigenvalue weighted by molar-refractivity contribution is 6.30. The average Bonchev–Trinajstić information content (AvgIpc) is 2.48. The molecule has 1 saturated heterocycles. The van der Waals surface area contributed by atoms with Gasteiger partial charge in [0, 0.05) is 23.9 Å². The van der Waals surface area contributed by atoms with Crippen LogP contribution in [-0.4, -0.2) is 38.4 Å². The van der Waals surface area contributed by atoms with E-state index in [1.54, 1.807) is 24.3 Å². The van der Waals surface area contributed by atoms with Crippen molar-refractivity contribution in [2.45, 2.75) is 25.4 Å². The second kappa shape index (κ2) is 8.87. The summed E-state index contributed by atoms with van der Waals surface area (Å²) in [7, 11) is 0. The van der Waals surface area contributed by atoms with Gasteiger partial charge in [-0.3, -0.25) is 0 Å². The Kier molecular flexibility index (Phi) is 6.79. The van der Waals surface area contributed by atoms with Crippen LogP contribution in [0.1, 0.15) is 19.3 Å². The van der Waals surface area contributed by atoms with Gasteiger partial charge in [-0.25, -0.2) is 4.79 Å². The number of nitrogens with one attached hydrogen (secondary N) is 3. The summed E-state index contributed by atoms with van der Waals surface area (Å²) in [6.45, 7) is 3.34. The van der Waals surface area contributed by atoms with Crippen molar-refractivity contribution in [3.63, 3.8) is 0 Å². The van der Waals surface area contributed by atoms with Crippen LogP contribution >= 0.6 is 11.6 Å². The average molecular weight is 312 g/mol. The van der Waals surface area contributed by atoms with Gasteiger partial charge in [-0.15, -0.1) is 0 Å². The predicted molar refractivity (Wildman–Crippen MR) is 84.9 cm³/mol. The molecule has 0 atom stereocenters. The lowest BCUT2D eigenvalue weighted by Gasteiger charge is -2.22. The van der Waals surface area contributed by atoms with Gasteiger partial charge in [0.15, 0.2) is 0 Å². The van der Waals surface area contributed by atoms with E-state index in [-0.39, 0.29) is 6.03 Å². The third-order valence-electron chi connectivity index (χ3n) is 3.33. The van der Waals surface area contributed by atoms with E-state index < -0.39 is 0 Å². The lowest BCUT2D eigenvalue weighted by molar-refractivity contribution is 0.0321. The normalized spacial score (nSPS) is 15.7. The van der Waals surface area contributed by atoms with Gasteiger partial charge in [0.2, 0.25) is 0 Å². The zero-order chi connectivity index (χ0) is 14.9. The zero-order valence-corrected chi connectivity index (χ0v) is 12.8. The molecule has 0 radical (unpaired) electrons. The molecule has 0 aromatic heterocycles. The summed E-state index contributed by atoms with van der Waals surface area (Å²) in [4.78, 5) is 11.7. The monoisotopic (exact) mass is 311 g/mol. The molecule has 0 aliphatic carbocycles. The van der Waals surface area contributed by atoms with Crippen molar-refractivity contribution in [3.8, 4) is 0 Å². The Morgan fingerprint density at radius 3 is 2.95 bits per heavy atom. The van der Waals surface area contributed by atoms with Crippen molar-refractivity contribution in [1.82, 2.24) is 10.6 Å². The Morgan fingerprint density at radius 2 is 2.19 bits per heavy atom. The third-order valence-corrected chi connectivity index (χ3v) is 3.56. The molecule has 5 nitrogen and oxygen atoms in total. The second-order valence-corrected chi connectivity index (χ2v) is 5.50. The highest BCUT2D eigenvalue weighted by Gasteiger charge is 2.12. The second-order valence-electron chi connectivity index (χ2n) is 5.06. The standard InChI is InChI=1S/C15H22ClN3O2/c16-12-3-1-4-13(11-12)19-15(20)18-7-2-10-21-14-5-8-17-9-6-14/h1,3-4,11,14,17H,2,5-10H2,(H2,18,19,20). The lowest BCUT2D eigenvalue weighted by Crippen LogP contribution is -2.33. The van der Waals surface area contributed by atoms with Crippen molar-refractivity contribution in [2.75, 3.05) is 31.6 Å². The first-order chi connectivity index (χ1) is 10.2. The Labute approximate surface area is 130 Å². The molecule has 0 spiro atoms. The Bertz CT molecular complexity index is 450. The fourth-order valence-electron chi connectivity index (χ4n) is 2.23. The highest BCUT2D eigenvalue weighted by atomic mass is 35.5. The SMILES string of the molecule is O=C(NCCCOC1CCNCC1)Nc1cccc(Cl)c1. The molecule has 1 aromatic rings. The number of urea groups is 1. The van der Waals surface area contributed by atoms with Crippen LogP contribution in [0.25, 0.3) is 0 Å². The topological polar surface area (TPSA) is 62.4 Å². The maximum atomic E-state index is 11.7. The molecule has 3 N–H and O–H groups in total. The number of ether oxygens (including phenoxy) is 1. The van der Waals surface area contributed by atoms with Crippen LogP contribution in [0.15, 0.2) is 24.3 Å². The van der Waals surface area contributed by atoms with E-state index in [0.717, 1.165) is 32.4 Å². The minimum absolute atomic E-state index is 0.223. The van der Waals surface area contributed by atoms with Crippen molar-refractivity contribution < 1.29 is 9.53 Å². The summed E-state index contributed by atoms with van der Waals surface area (Å²) >= 11 is 5.85. The van der Waals surface area contributed by atoms with Gasteiger partial charge in [-0.1, -0.05) is 17.7 Å². The van der Waals surface area contributed by atoms with E-state index in [2.05, 4.69) is 16.0 Å². The number of benzene rings is 1. The Morgan fingerprint density at radius 1 is 1.38 bits per heavy atom. The number of hydrogen-bond donors (Lipinski definition) is 3. The van der Waals surface area contributed by atoms with Crippen molar-refractivity contribution in [2.24, 2.45) is 0 Å². The molecule has 6 heteroatoms. The molecule has 1 fully saturated rings. The largest absolute Gasteiger partial charge is 0.378 e. The van der Waals surface area contributed by atoms with Crippen LogP contribution in [0.4, 0.5) is 10.5 Å². The van der Waals surface area contributed by atoms with E-state index in [9.17, 15) is 4.79 Å². The van der Waals surface area contributed by atoms with Crippen LogP contribution in [-0.2, 0) is 4.74 Å². The summed E-state index contributed by atoms with van der Waals surface area (Å²) < 4.78 is 5.77. The maximum absolute atomic E-state index is 11.7. The fourth-order valence-corrected chi connectivity index (χ4v) is 2.42. The van der Waals surface area contributed by atoms with Crippen molar-refractivity contribution in [3.05, 3.63) is 29.3 Å². The molecule has 1 aromatic carbocycles. The van der Waals surface area contributed by atoms with E-state index in [1.165, 1.54) is 0 Å². The van der Waals surface area contributed by atoms with E-state index >= 15 is 0 Å². The first-order valence-corrected chi connectivity index (χ1v) is 7.74. The molecule has 0 unspecified atom stereocenters. The molecule has 21 heavy (non-hydrogen) atoms. The molecule has 2 rings (SSSR count). The van der Waals surface area contributed by atoms with Gasteiger partial charge in [0.1, 0.15) is 0 Å². The van der Waals surface area contributed by atoms with E-state index in [4.69, 9.17) is 16.3 Å². The number of amides is 2. The third kappa shape index (κ3) is 6.33. The molecule has 116 valence electrons. The molecule has 0 bridgehead atoms. The molecule has 2 amide bonds. The van der Waals surface area contributed by atoms with Crippen molar-refractivity contribution >= 4 is 23.3 Å². The summed E-state index contributed by atoms with van der Waals surface area (Å²) in [5.74, 6) is 0. The van der Waals surface area contributed by atoms with Gasteiger partial charge in [-0.05, 0) is 50.6 Å². The van der Waals surface area contributed by atoms with Gasteiger partial charge < -0.3 is 20.7 Å². The number of rotatable bonds is 6. The fraction of sp³-hybridized carbons (Fsp3) is 0.533. The molecule has 1 aliphatic rings.